The van der Waals surface area contributed by atoms with Gasteiger partial charge in [0.25, 0.3) is 0 Å². The van der Waals surface area contributed by atoms with E-state index in [0.29, 0.717) is 24.3 Å². The SMILES string of the molecule is CC(=O)NC1CCN(c2c(F)cccc2C(C)O)CC1. The molecule has 1 fully saturated rings. The predicted octanol–water partition coefficient (Wildman–Crippen LogP) is 1.98. The van der Waals surface area contributed by atoms with Gasteiger partial charge in [-0.15, -0.1) is 0 Å². The zero-order valence-electron chi connectivity index (χ0n) is 11.9. The van der Waals surface area contributed by atoms with Crippen LogP contribution in [0.1, 0.15) is 38.4 Å². The molecule has 0 saturated carbocycles. The molecule has 1 saturated heterocycles. The van der Waals surface area contributed by atoms with E-state index >= 15 is 0 Å². The van der Waals surface area contributed by atoms with Crippen molar-refractivity contribution in [3.63, 3.8) is 0 Å². The highest BCUT2D eigenvalue weighted by atomic mass is 19.1. The first kappa shape index (κ1) is 14.8. The minimum Gasteiger partial charge on any atom is -0.389 e. The number of benzene rings is 1. The normalized spacial score (nSPS) is 17.9. The van der Waals surface area contributed by atoms with Crippen LogP contribution in [0.25, 0.3) is 0 Å². The van der Waals surface area contributed by atoms with Gasteiger partial charge in [0.1, 0.15) is 5.82 Å². The summed E-state index contributed by atoms with van der Waals surface area (Å²) in [6.45, 7) is 4.49. The molecule has 1 heterocycles. The van der Waals surface area contributed by atoms with E-state index < -0.39 is 6.10 Å². The standard InChI is InChI=1S/C15H21FN2O2/c1-10(19)13-4-3-5-14(16)15(13)18-8-6-12(7-9-18)17-11(2)20/h3-5,10,12,19H,6-9H2,1-2H3,(H,17,20). The topological polar surface area (TPSA) is 52.6 Å². The maximum Gasteiger partial charge on any atom is 0.217 e. The number of carbonyl (C=O) groups excluding carboxylic acids is 1. The maximum absolute atomic E-state index is 14.1. The largest absolute Gasteiger partial charge is 0.389 e. The second-order valence-corrected chi connectivity index (χ2v) is 5.32. The number of rotatable bonds is 3. The Morgan fingerprint density at radius 3 is 2.65 bits per heavy atom. The van der Waals surface area contributed by atoms with Crippen LogP contribution < -0.4 is 10.2 Å². The third-order valence-electron chi connectivity index (χ3n) is 3.69. The van der Waals surface area contributed by atoms with Gasteiger partial charge in [-0.1, -0.05) is 12.1 Å². The van der Waals surface area contributed by atoms with Gasteiger partial charge in [-0.2, -0.15) is 0 Å². The van der Waals surface area contributed by atoms with E-state index in [2.05, 4.69) is 5.32 Å². The van der Waals surface area contributed by atoms with Crippen molar-refractivity contribution in [3.05, 3.63) is 29.6 Å². The number of hydrogen-bond acceptors (Lipinski definition) is 3. The average molecular weight is 280 g/mol. The van der Waals surface area contributed by atoms with Crippen LogP contribution in [0.15, 0.2) is 18.2 Å². The zero-order valence-corrected chi connectivity index (χ0v) is 11.9. The summed E-state index contributed by atoms with van der Waals surface area (Å²) in [5.41, 5.74) is 1.10. The van der Waals surface area contributed by atoms with Crippen molar-refractivity contribution in [2.75, 3.05) is 18.0 Å². The zero-order chi connectivity index (χ0) is 14.7. The lowest BCUT2D eigenvalue weighted by atomic mass is 10.0. The Hall–Kier alpha value is -1.62. The molecular formula is C15H21FN2O2. The highest BCUT2D eigenvalue weighted by Crippen LogP contribution is 2.31. The van der Waals surface area contributed by atoms with Crippen LogP contribution in [0.3, 0.4) is 0 Å². The van der Waals surface area contributed by atoms with E-state index in [-0.39, 0.29) is 17.8 Å². The summed E-state index contributed by atoms with van der Waals surface area (Å²) in [6.07, 6.45) is 0.870. The number of halogens is 1. The summed E-state index contributed by atoms with van der Waals surface area (Å²) in [7, 11) is 0. The molecule has 0 spiro atoms. The van der Waals surface area contributed by atoms with E-state index in [9.17, 15) is 14.3 Å². The van der Waals surface area contributed by atoms with Crippen LogP contribution in [-0.2, 0) is 4.79 Å². The van der Waals surface area contributed by atoms with E-state index in [4.69, 9.17) is 0 Å². The molecule has 2 N–H and O–H groups in total. The molecule has 2 rings (SSSR count). The number of hydrogen-bond donors (Lipinski definition) is 2. The molecule has 1 aromatic rings. The highest BCUT2D eigenvalue weighted by Gasteiger charge is 2.24. The van der Waals surface area contributed by atoms with E-state index in [0.717, 1.165) is 12.8 Å². The molecule has 1 aromatic carbocycles. The van der Waals surface area contributed by atoms with Crippen molar-refractivity contribution in [2.24, 2.45) is 0 Å². The Balaban J connectivity index is 2.12. The highest BCUT2D eigenvalue weighted by molar-refractivity contribution is 5.73. The summed E-state index contributed by atoms with van der Waals surface area (Å²) < 4.78 is 14.1. The predicted molar refractivity (Wildman–Crippen MR) is 76.1 cm³/mol. The van der Waals surface area contributed by atoms with Crippen molar-refractivity contribution in [2.45, 2.75) is 38.8 Å². The molecule has 4 nitrogen and oxygen atoms in total. The molecule has 1 aliphatic heterocycles. The first-order chi connectivity index (χ1) is 9.49. The fraction of sp³-hybridized carbons (Fsp3) is 0.533. The lowest BCUT2D eigenvalue weighted by Gasteiger charge is -2.35. The summed E-state index contributed by atoms with van der Waals surface area (Å²) in [5, 5.41) is 12.7. The summed E-state index contributed by atoms with van der Waals surface area (Å²) in [5.74, 6) is -0.333. The Bertz CT molecular complexity index is 483. The first-order valence-electron chi connectivity index (χ1n) is 6.97. The van der Waals surface area contributed by atoms with Crippen molar-refractivity contribution in [1.82, 2.24) is 5.32 Å². The van der Waals surface area contributed by atoms with E-state index in [1.807, 2.05) is 4.90 Å². The van der Waals surface area contributed by atoms with Crippen molar-refractivity contribution >= 4 is 11.6 Å². The van der Waals surface area contributed by atoms with Crippen LogP contribution in [0.5, 0.6) is 0 Å². The van der Waals surface area contributed by atoms with Crippen LogP contribution >= 0.6 is 0 Å². The number of aliphatic hydroxyl groups excluding tert-OH is 1. The minimum absolute atomic E-state index is 0.0287. The molecule has 0 aromatic heterocycles. The lowest BCUT2D eigenvalue weighted by Crippen LogP contribution is -2.44. The quantitative estimate of drug-likeness (QED) is 0.890. The summed E-state index contributed by atoms with van der Waals surface area (Å²) >= 11 is 0. The van der Waals surface area contributed by atoms with Gasteiger partial charge in [0, 0.05) is 31.6 Å². The van der Waals surface area contributed by atoms with Crippen LogP contribution in [-0.4, -0.2) is 30.1 Å². The Kier molecular flexibility index (Phi) is 4.60. The van der Waals surface area contributed by atoms with Crippen molar-refractivity contribution < 1.29 is 14.3 Å². The second kappa shape index (κ2) is 6.22. The minimum atomic E-state index is -0.700. The number of nitrogens with zero attached hydrogens (tertiary/aromatic N) is 1. The van der Waals surface area contributed by atoms with Crippen LogP contribution in [0.2, 0.25) is 0 Å². The maximum atomic E-state index is 14.1. The Morgan fingerprint density at radius 1 is 1.45 bits per heavy atom. The molecule has 1 amide bonds. The van der Waals surface area contributed by atoms with Gasteiger partial charge in [0.05, 0.1) is 11.8 Å². The molecule has 0 radical (unpaired) electrons. The summed E-state index contributed by atoms with van der Waals surface area (Å²) in [6, 6.07) is 4.94. The van der Waals surface area contributed by atoms with Gasteiger partial charge in [0.15, 0.2) is 0 Å². The third kappa shape index (κ3) is 3.28. The van der Waals surface area contributed by atoms with Gasteiger partial charge >= 0.3 is 0 Å². The first-order valence-corrected chi connectivity index (χ1v) is 6.97. The third-order valence-corrected chi connectivity index (χ3v) is 3.69. The number of carbonyl (C=O) groups is 1. The van der Waals surface area contributed by atoms with Gasteiger partial charge in [0.2, 0.25) is 5.91 Å². The monoisotopic (exact) mass is 280 g/mol. The molecular weight excluding hydrogens is 259 g/mol. The number of anilines is 1. The number of amides is 1. The fourth-order valence-electron chi connectivity index (χ4n) is 2.74. The number of piperidine rings is 1. The molecule has 1 aliphatic rings. The van der Waals surface area contributed by atoms with E-state index in [1.165, 1.54) is 13.0 Å². The fourth-order valence-corrected chi connectivity index (χ4v) is 2.74. The van der Waals surface area contributed by atoms with Gasteiger partial charge in [-0.05, 0) is 25.8 Å². The number of nitrogens with one attached hydrogen (secondary N) is 1. The Morgan fingerprint density at radius 2 is 2.10 bits per heavy atom. The second-order valence-electron chi connectivity index (χ2n) is 5.32. The molecule has 5 heteroatoms. The van der Waals surface area contributed by atoms with E-state index in [1.54, 1.807) is 19.1 Å². The van der Waals surface area contributed by atoms with Gasteiger partial charge in [-0.25, -0.2) is 4.39 Å². The smallest absolute Gasteiger partial charge is 0.217 e. The molecule has 110 valence electrons. The average Bonchev–Trinajstić information content (AvgIpc) is 2.39. The Labute approximate surface area is 118 Å². The molecule has 0 bridgehead atoms. The van der Waals surface area contributed by atoms with Crippen molar-refractivity contribution in [1.29, 1.82) is 0 Å². The number of para-hydroxylation sites is 1. The van der Waals surface area contributed by atoms with Crippen LogP contribution in [0.4, 0.5) is 10.1 Å². The molecule has 20 heavy (non-hydrogen) atoms. The molecule has 0 aliphatic carbocycles. The van der Waals surface area contributed by atoms with Gasteiger partial charge < -0.3 is 15.3 Å². The molecule has 1 atom stereocenters. The van der Waals surface area contributed by atoms with Crippen LogP contribution in [0, 0.1) is 5.82 Å². The number of aliphatic hydroxyl groups is 1. The summed E-state index contributed by atoms with van der Waals surface area (Å²) in [4.78, 5) is 13.0. The molecule has 1 unspecified atom stereocenters. The van der Waals surface area contributed by atoms with Crippen molar-refractivity contribution in [3.8, 4) is 0 Å². The lowest BCUT2D eigenvalue weighted by molar-refractivity contribution is -0.119. The van der Waals surface area contributed by atoms with Gasteiger partial charge in [-0.3, -0.25) is 4.79 Å².